The number of halogens is 1. The van der Waals surface area contributed by atoms with Crippen molar-refractivity contribution in [2.24, 2.45) is 5.92 Å². The molecule has 0 unspecified atom stereocenters. The van der Waals surface area contributed by atoms with Crippen molar-refractivity contribution in [3.8, 4) is 5.75 Å². The number of carbonyl (C=O) groups is 1. The maximum Gasteiger partial charge on any atom is 0.223 e. The Bertz CT molecular complexity index is 860. The van der Waals surface area contributed by atoms with Crippen LogP contribution >= 0.6 is 27.3 Å². The summed E-state index contributed by atoms with van der Waals surface area (Å²) in [6.45, 7) is 8.74. The van der Waals surface area contributed by atoms with Gasteiger partial charge in [0.05, 0.1) is 21.3 Å². The van der Waals surface area contributed by atoms with E-state index in [0.29, 0.717) is 6.61 Å². The Hall–Kier alpha value is -1.38. The molecule has 0 aliphatic carbocycles. The van der Waals surface area contributed by atoms with Gasteiger partial charge in [0.25, 0.3) is 0 Å². The van der Waals surface area contributed by atoms with Crippen molar-refractivity contribution in [2.75, 3.05) is 50.8 Å². The average Bonchev–Trinajstić information content (AvgIpc) is 3.41. The normalized spacial score (nSPS) is 18.3. The molecule has 0 atom stereocenters. The second-order valence-electron chi connectivity index (χ2n) is 8.13. The van der Waals surface area contributed by atoms with Crippen LogP contribution in [0.25, 0.3) is 10.2 Å². The fourth-order valence-electron chi connectivity index (χ4n) is 4.32. The van der Waals surface area contributed by atoms with Crippen LogP contribution in [0.15, 0.2) is 16.6 Å². The van der Waals surface area contributed by atoms with Gasteiger partial charge in [-0.05, 0) is 80.7 Å². The number of anilines is 1. The van der Waals surface area contributed by atoms with Gasteiger partial charge in [0.2, 0.25) is 5.91 Å². The molecule has 8 heteroatoms. The number of benzene rings is 1. The van der Waals surface area contributed by atoms with Crippen LogP contribution in [0.1, 0.15) is 39.0 Å². The van der Waals surface area contributed by atoms with Gasteiger partial charge in [-0.15, -0.1) is 0 Å². The fraction of sp³-hybridized carbons (Fsp3) is 0.636. The van der Waals surface area contributed by atoms with Gasteiger partial charge in [-0.3, -0.25) is 4.79 Å². The molecule has 3 heterocycles. The van der Waals surface area contributed by atoms with Crippen LogP contribution in [0, 0.1) is 5.92 Å². The van der Waals surface area contributed by atoms with Crippen molar-refractivity contribution in [3.63, 3.8) is 0 Å². The Morgan fingerprint density at radius 3 is 2.77 bits per heavy atom. The van der Waals surface area contributed by atoms with E-state index in [1.165, 1.54) is 25.9 Å². The van der Waals surface area contributed by atoms with E-state index in [2.05, 4.69) is 37.1 Å². The fourth-order valence-corrected chi connectivity index (χ4v) is 5.79. The number of carbonyl (C=O) groups excluding carboxylic acids is 1. The van der Waals surface area contributed by atoms with E-state index in [1.54, 1.807) is 11.3 Å². The Morgan fingerprint density at radius 1 is 1.27 bits per heavy atom. The number of piperidine rings is 1. The number of hydrogen-bond acceptors (Lipinski definition) is 6. The van der Waals surface area contributed by atoms with Crippen molar-refractivity contribution in [2.45, 2.75) is 39.0 Å². The predicted molar refractivity (Wildman–Crippen MR) is 127 cm³/mol. The van der Waals surface area contributed by atoms with Gasteiger partial charge < -0.3 is 19.9 Å². The number of likely N-dealkylation sites (tertiary alicyclic amines) is 1. The number of amides is 1. The van der Waals surface area contributed by atoms with Gasteiger partial charge in [0.1, 0.15) is 5.75 Å². The van der Waals surface area contributed by atoms with Crippen LogP contribution in [0.5, 0.6) is 5.75 Å². The predicted octanol–water partition coefficient (Wildman–Crippen LogP) is 4.28. The van der Waals surface area contributed by atoms with E-state index >= 15 is 0 Å². The molecule has 6 nitrogen and oxygen atoms in total. The quantitative estimate of drug-likeness (QED) is 0.555. The molecule has 2 aliphatic rings. The molecule has 1 N–H and O–H groups in total. The summed E-state index contributed by atoms with van der Waals surface area (Å²) in [5.41, 5.74) is 0.989. The Kier molecular flexibility index (Phi) is 7.49. The lowest BCUT2D eigenvalue weighted by Gasteiger charge is -2.31. The topological polar surface area (TPSA) is 57.7 Å². The number of aromatic nitrogens is 1. The molecule has 1 aromatic heterocycles. The van der Waals surface area contributed by atoms with Gasteiger partial charge in [-0.25, -0.2) is 4.98 Å². The highest BCUT2D eigenvalue weighted by Gasteiger charge is 2.26. The zero-order valence-electron chi connectivity index (χ0n) is 17.7. The summed E-state index contributed by atoms with van der Waals surface area (Å²) in [7, 11) is 0. The van der Waals surface area contributed by atoms with Gasteiger partial charge >= 0.3 is 0 Å². The SMILES string of the molecule is CCOc1cc2sc(N3CCC(C(=O)NCCCN4CCCC4)CC3)nc2cc1Br. The highest BCUT2D eigenvalue weighted by atomic mass is 79.9. The number of ether oxygens (including phenoxy) is 1. The van der Waals surface area contributed by atoms with Crippen LogP contribution in [0.2, 0.25) is 0 Å². The lowest BCUT2D eigenvalue weighted by Crippen LogP contribution is -2.41. The Morgan fingerprint density at radius 2 is 2.03 bits per heavy atom. The first-order valence-electron chi connectivity index (χ1n) is 11.1. The maximum absolute atomic E-state index is 12.5. The minimum Gasteiger partial charge on any atom is -0.493 e. The molecule has 0 bridgehead atoms. The van der Waals surface area contributed by atoms with Crippen molar-refractivity contribution < 1.29 is 9.53 Å². The molecule has 2 saturated heterocycles. The summed E-state index contributed by atoms with van der Waals surface area (Å²) in [5.74, 6) is 1.21. The largest absolute Gasteiger partial charge is 0.493 e. The highest BCUT2D eigenvalue weighted by molar-refractivity contribution is 9.10. The first-order valence-corrected chi connectivity index (χ1v) is 12.7. The third-order valence-corrected chi connectivity index (χ3v) is 7.71. The van der Waals surface area contributed by atoms with E-state index in [4.69, 9.17) is 9.72 Å². The molecular weight excluding hydrogens is 464 g/mol. The molecule has 2 aliphatic heterocycles. The molecule has 1 amide bonds. The van der Waals surface area contributed by atoms with Crippen molar-refractivity contribution in [1.82, 2.24) is 15.2 Å². The molecule has 2 fully saturated rings. The average molecular weight is 495 g/mol. The Labute approximate surface area is 191 Å². The summed E-state index contributed by atoms with van der Waals surface area (Å²) >= 11 is 5.27. The lowest BCUT2D eigenvalue weighted by atomic mass is 9.96. The smallest absolute Gasteiger partial charge is 0.223 e. The molecule has 1 aromatic carbocycles. The summed E-state index contributed by atoms with van der Waals surface area (Å²) in [5, 5.41) is 4.20. The zero-order chi connectivity index (χ0) is 20.9. The third-order valence-electron chi connectivity index (χ3n) is 6.02. The standard InChI is InChI=1S/C22H31BrN4O2S/c1-2-29-19-15-20-18(14-17(19)23)25-22(30-20)27-12-6-16(7-13-27)21(28)24-8-5-11-26-9-3-4-10-26/h14-16H,2-13H2,1H3,(H,24,28). The van der Waals surface area contributed by atoms with Crippen molar-refractivity contribution in [1.29, 1.82) is 0 Å². The maximum atomic E-state index is 12.5. The summed E-state index contributed by atoms with van der Waals surface area (Å²) in [6.07, 6.45) is 5.48. The second-order valence-corrected chi connectivity index (χ2v) is 10.00. The van der Waals surface area contributed by atoms with Crippen LogP contribution in [0.4, 0.5) is 5.13 Å². The van der Waals surface area contributed by atoms with Gasteiger partial charge in [-0.2, -0.15) is 0 Å². The zero-order valence-corrected chi connectivity index (χ0v) is 20.1. The molecule has 164 valence electrons. The molecule has 0 radical (unpaired) electrons. The number of nitrogens with zero attached hydrogens (tertiary/aromatic N) is 3. The first kappa shape index (κ1) is 21.8. The molecule has 0 spiro atoms. The molecule has 4 rings (SSSR count). The third kappa shape index (κ3) is 5.26. The minimum atomic E-state index is 0.126. The first-order chi connectivity index (χ1) is 14.6. The number of fused-ring (bicyclic) bond motifs is 1. The minimum absolute atomic E-state index is 0.126. The molecular formula is C22H31BrN4O2S. The van der Waals surface area contributed by atoms with Gasteiger partial charge in [0, 0.05) is 31.6 Å². The lowest BCUT2D eigenvalue weighted by molar-refractivity contribution is -0.125. The van der Waals surface area contributed by atoms with Crippen LogP contribution in [0.3, 0.4) is 0 Å². The Balaban J connectivity index is 1.26. The molecule has 30 heavy (non-hydrogen) atoms. The van der Waals surface area contributed by atoms with Crippen LogP contribution in [-0.4, -0.2) is 61.7 Å². The van der Waals surface area contributed by atoms with Crippen LogP contribution < -0.4 is 15.0 Å². The summed E-state index contributed by atoms with van der Waals surface area (Å²) < 4.78 is 7.75. The van der Waals surface area contributed by atoms with E-state index in [-0.39, 0.29) is 11.8 Å². The molecule has 2 aromatic rings. The van der Waals surface area contributed by atoms with Crippen LogP contribution in [-0.2, 0) is 4.79 Å². The van der Waals surface area contributed by atoms with E-state index < -0.39 is 0 Å². The highest BCUT2D eigenvalue weighted by Crippen LogP contribution is 2.37. The number of thiazole rings is 1. The number of rotatable bonds is 8. The monoisotopic (exact) mass is 494 g/mol. The molecule has 0 saturated carbocycles. The van der Waals surface area contributed by atoms with Gasteiger partial charge in [-0.1, -0.05) is 11.3 Å². The number of nitrogens with one attached hydrogen (secondary N) is 1. The second kappa shape index (κ2) is 10.3. The van der Waals surface area contributed by atoms with Gasteiger partial charge in [0.15, 0.2) is 5.13 Å². The van der Waals surface area contributed by atoms with E-state index in [1.807, 2.05) is 13.0 Å². The summed E-state index contributed by atoms with van der Waals surface area (Å²) in [6, 6.07) is 4.09. The van der Waals surface area contributed by atoms with Crippen molar-refractivity contribution in [3.05, 3.63) is 16.6 Å². The van der Waals surface area contributed by atoms with E-state index in [0.717, 1.165) is 71.0 Å². The summed E-state index contributed by atoms with van der Waals surface area (Å²) in [4.78, 5) is 22.2. The van der Waals surface area contributed by atoms with E-state index in [9.17, 15) is 4.79 Å². The van der Waals surface area contributed by atoms with Crippen molar-refractivity contribution >= 4 is 48.5 Å². The number of hydrogen-bond donors (Lipinski definition) is 1.